The van der Waals surface area contributed by atoms with Crippen molar-refractivity contribution in [1.82, 2.24) is 9.38 Å². The normalized spacial score (nSPS) is 12.2. The maximum absolute atomic E-state index is 13.4. The topological polar surface area (TPSA) is 94.8 Å². The molecule has 0 saturated heterocycles. The number of carbonyl (C=O) groups is 1. The number of esters is 1. The number of pyridine rings is 1. The van der Waals surface area contributed by atoms with Crippen LogP contribution in [0, 0.1) is 6.92 Å². The highest BCUT2D eigenvalue weighted by Gasteiger charge is 2.23. The Morgan fingerprint density at radius 3 is 2.61 bits per heavy atom. The lowest BCUT2D eigenvalue weighted by Crippen LogP contribution is -2.17. The molecule has 33 heavy (non-hydrogen) atoms. The number of carbonyl (C=O) groups excluding carboxylic acids is 1. The van der Waals surface area contributed by atoms with E-state index in [9.17, 15) is 18.0 Å². The summed E-state index contributed by atoms with van der Waals surface area (Å²) in [6, 6.07) is 14.0. The average molecular weight is 461 g/mol. The van der Waals surface area contributed by atoms with Crippen LogP contribution in [0.1, 0.15) is 12.5 Å². The first-order chi connectivity index (χ1) is 15.7. The van der Waals surface area contributed by atoms with Gasteiger partial charge in [0.15, 0.2) is 9.84 Å². The predicted octanol–water partition coefficient (Wildman–Crippen LogP) is 3.79. The Morgan fingerprint density at radius 1 is 1.09 bits per heavy atom. The van der Waals surface area contributed by atoms with E-state index in [1.165, 1.54) is 13.0 Å². The first-order valence-electron chi connectivity index (χ1n) is 10.3. The monoisotopic (exact) mass is 460 g/mol. The minimum atomic E-state index is -3.80. The quantitative estimate of drug-likeness (QED) is 0.293. The number of imidazole rings is 1. The Hall–Kier alpha value is -3.78. The summed E-state index contributed by atoms with van der Waals surface area (Å²) in [5.41, 5.74) is 2.88. The molecule has 0 aliphatic rings. The zero-order valence-corrected chi connectivity index (χ0v) is 18.9. The van der Waals surface area contributed by atoms with Crippen LogP contribution in [0.25, 0.3) is 38.2 Å². The van der Waals surface area contributed by atoms with Crippen molar-refractivity contribution >= 4 is 54.0 Å². The largest absolute Gasteiger partial charge is 0.461 e. The molecule has 0 spiro atoms. The van der Waals surface area contributed by atoms with Gasteiger partial charge in [-0.15, -0.1) is 0 Å². The molecule has 0 saturated carbocycles. The highest BCUT2D eigenvalue weighted by Crippen LogP contribution is 2.33. The van der Waals surface area contributed by atoms with Crippen molar-refractivity contribution in [3.8, 4) is 0 Å². The van der Waals surface area contributed by atoms with Crippen LogP contribution >= 0.6 is 0 Å². The SMILES string of the molecule is C=C(C)C(=O)OCCS(=O)(=O)c1ccc2c3c1cccc3c(=O)n1c3ccc(C)cc3nc21. The van der Waals surface area contributed by atoms with Crippen molar-refractivity contribution < 1.29 is 17.9 Å². The maximum atomic E-state index is 13.4. The molecule has 166 valence electrons. The summed E-state index contributed by atoms with van der Waals surface area (Å²) in [4.78, 5) is 29.8. The van der Waals surface area contributed by atoms with Gasteiger partial charge in [0.25, 0.3) is 5.56 Å². The van der Waals surface area contributed by atoms with Crippen LogP contribution in [-0.4, -0.2) is 36.1 Å². The van der Waals surface area contributed by atoms with Crippen LogP contribution < -0.4 is 5.56 Å². The molecule has 0 N–H and O–H groups in total. The minimum Gasteiger partial charge on any atom is -0.461 e. The van der Waals surface area contributed by atoms with E-state index in [1.54, 1.807) is 28.7 Å². The number of benzene rings is 3. The van der Waals surface area contributed by atoms with Gasteiger partial charge in [0, 0.05) is 27.1 Å². The lowest BCUT2D eigenvalue weighted by atomic mass is 10.0. The molecule has 3 aromatic carbocycles. The van der Waals surface area contributed by atoms with Gasteiger partial charge in [-0.3, -0.25) is 9.20 Å². The fourth-order valence-electron chi connectivity index (χ4n) is 4.19. The van der Waals surface area contributed by atoms with E-state index in [-0.39, 0.29) is 28.4 Å². The molecule has 0 unspecified atom stereocenters. The fourth-order valence-corrected chi connectivity index (χ4v) is 5.49. The summed E-state index contributed by atoms with van der Waals surface area (Å²) in [7, 11) is -3.80. The van der Waals surface area contributed by atoms with Gasteiger partial charge in [0.1, 0.15) is 12.3 Å². The average Bonchev–Trinajstić information content (AvgIpc) is 3.15. The lowest BCUT2D eigenvalue weighted by Gasteiger charge is -2.12. The Morgan fingerprint density at radius 2 is 1.85 bits per heavy atom. The predicted molar refractivity (Wildman–Crippen MR) is 128 cm³/mol. The number of rotatable bonds is 5. The highest BCUT2D eigenvalue weighted by molar-refractivity contribution is 7.91. The molecule has 2 heterocycles. The third-order valence-electron chi connectivity index (χ3n) is 5.75. The number of hydrogen-bond donors (Lipinski definition) is 0. The van der Waals surface area contributed by atoms with Crippen LogP contribution in [0.2, 0.25) is 0 Å². The summed E-state index contributed by atoms with van der Waals surface area (Å²) >= 11 is 0. The molecule has 8 heteroatoms. The second-order valence-corrected chi connectivity index (χ2v) is 10.2. The molecular weight excluding hydrogens is 440 g/mol. The second kappa shape index (κ2) is 7.38. The van der Waals surface area contributed by atoms with E-state index in [1.807, 2.05) is 25.1 Å². The summed E-state index contributed by atoms with van der Waals surface area (Å²) in [6.07, 6.45) is 0. The lowest BCUT2D eigenvalue weighted by molar-refractivity contribution is -0.138. The van der Waals surface area contributed by atoms with Gasteiger partial charge >= 0.3 is 5.97 Å². The first-order valence-corrected chi connectivity index (χ1v) is 12.0. The summed E-state index contributed by atoms with van der Waals surface area (Å²) in [6.45, 7) is 6.65. The Balaban J connectivity index is 1.73. The summed E-state index contributed by atoms with van der Waals surface area (Å²) < 4.78 is 32.8. The van der Waals surface area contributed by atoms with Crippen LogP contribution in [-0.2, 0) is 19.4 Å². The van der Waals surface area contributed by atoms with Gasteiger partial charge in [-0.2, -0.15) is 0 Å². The first kappa shape index (κ1) is 21.1. The molecule has 0 amide bonds. The molecule has 2 aromatic heterocycles. The Kier molecular flexibility index (Phi) is 4.72. The zero-order valence-electron chi connectivity index (χ0n) is 18.1. The van der Waals surface area contributed by atoms with Crippen molar-refractivity contribution in [3.05, 3.63) is 76.6 Å². The van der Waals surface area contributed by atoms with E-state index < -0.39 is 15.8 Å². The smallest absolute Gasteiger partial charge is 0.333 e. The number of aryl methyl sites for hydroxylation is 1. The minimum absolute atomic E-state index is 0.0858. The molecule has 5 aromatic rings. The third kappa shape index (κ3) is 3.25. The van der Waals surface area contributed by atoms with Crippen molar-refractivity contribution in [2.24, 2.45) is 0 Å². The molecule has 0 aliphatic carbocycles. The standard InChI is InChI=1S/C25H20N2O5S/c1-14(2)25(29)32-11-12-33(30,31)21-10-8-17-22-16(21)5-4-6-18(22)24(28)27-20-9-7-15(3)13-19(20)26-23(17)27/h4-10,13H,1,11-12H2,2-3H3. The van der Waals surface area contributed by atoms with Crippen LogP contribution in [0.5, 0.6) is 0 Å². The van der Waals surface area contributed by atoms with Crippen LogP contribution in [0.3, 0.4) is 0 Å². The van der Waals surface area contributed by atoms with Gasteiger partial charge < -0.3 is 4.74 Å². The molecule has 0 radical (unpaired) electrons. The molecular formula is C25H20N2O5S. The molecule has 0 atom stereocenters. The zero-order chi connectivity index (χ0) is 23.5. The van der Waals surface area contributed by atoms with E-state index in [4.69, 9.17) is 9.72 Å². The van der Waals surface area contributed by atoms with Gasteiger partial charge in [-0.05, 0) is 49.7 Å². The van der Waals surface area contributed by atoms with Gasteiger partial charge in [0.05, 0.1) is 21.7 Å². The fraction of sp³-hybridized carbons (Fsp3) is 0.160. The molecule has 0 bridgehead atoms. The highest BCUT2D eigenvalue weighted by atomic mass is 32.2. The maximum Gasteiger partial charge on any atom is 0.333 e. The van der Waals surface area contributed by atoms with Crippen LogP contribution in [0.15, 0.2) is 70.4 Å². The number of fused-ring (bicyclic) bond motifs is 4. The van der Waals surface area contributed by atoms with Gasteiger partial charge in [-0.1, -0.05) is 24.8 Å². The number of aromatic nitrogens is 2. The second-order valence-electron chi connectivity index (χ2n) is 8.14. The molecule has 0 fully saturated rings. The summed E-state index contributed by atoms with van der Waals surface area (Å²) in [5, 5.41) is 2.11. The third-order valence-corrected chi connectivity index (χ3v) is 7.48. The Bertz CT molecular complexity index is 1780. The molecule has 0 aliphatic heterocycles. The number of ether oxygens (including phenoxy) is 1. The van der Waals surface area contributed by atoms with E-state index >= 15 is 0 Å². The number of sulfone groups is 1. The number of hydrogen-bond acceptors (Lipinski definition) is 6. The van der Waals surface area contributed by atoms with Crippen molar-refractivity contribution in [1.29, 1.82) is 0 Å². The van der Waals surface area contributed by atoms with E-state index in [0.717, 1.165) is 5.56 Å². The van der Waals surface area contributed by atoms with E-state index in [2.05, 4.69) is 6.58 Å². The van der Waals surface area contributed by atoms with E-state index in [0.29, 0.717) is 38.2 Å². The number of nitrogens with zero attached hydrogens (tertiary/aromatic N) is 2. The molecule has 7 nitrogen and oxygen atoms in total. The van der Waals surface area contributed by atoms with Crippen molar-refractivity contribution in [2.45, 2.75) is 18.7 Å². The van der Waals surface area contributed by atoms with Gasteiger partial charge in [-0.25, -0.2) is 18.2 Å². The van der Waals surface area contributed by atoms with Gasteiger partial charge in [0.2, 0.25) is 0 Å². The Labute approximate surface area is 189 Å². The van der Waals surface area contributed by atoms with Crippen molar-refractivity contribution in [2.75, 3.05) is 12.4 Å². The van der Waals surface area contributed by atoms with Crippen LogP contribution in [0.4, 0.5) is 0 Å². The molecule has 5 rings (SSSR count). The van der Waals surface area contributed by atoms with Crippen molar-refractivity contribution in [3.63, 3.8) is 0 Å². The summed E-state index contributed by atoms with van der Waals surface area (Å²) in [5.74, 6) is -1.02.